The van der Waals surface area contributed by atoms with Crippen LogP contribution in [0.25, 0.3) is 0 Å². The Morgan fingerprint density at radius 3 is 2.29 bits per heavy atom. The normalized spacial score (nSPS) is 21.7. The van der Waals surface area contributed by atoms with E-state index < -0.39 is 6.10 Å². The van der Waals surface area contributed by atoms with Crippen molar-refractivity contribution in [3.8, 4) is 0 Å². The summed E-state index contributed by atoms with van der Waals surface area (Å²) in [4.78, 5) is 0. The van der Waals surface area contributed by atoms with E-state index in [1.54, 1.807) is 0 Å². The molecule has 1 fully saturated rings. The van der Waals surface area contributed by atoms with Crippen molar-refractivity contribution < 1.29 is 14.6 Å². The predicted molar refractivity (Wildman–Crippen MR) is 69.1 cm³/mol. The summed E-state index contributed by atoms with van der Waals surface area (Å²) in [6.07, 6.45) is 5.87. The van der Waals surface area contributed by atoms with Crippen molar-refractivity contribution in [2.24, 2.45) is 5.92 Å². The first-order valence-corrected chi connectivity index (χ1v) is 7.06. The molecule has 0 bridgehead atoms. The molecule has 2 unspecified atom stereocenters. The standard InChI is InChI=1S/C14H28O3/c1-4-16-14(12-8-6-5-7-9-12)13(15)10-17-11(2)3/h11-15H,4-10H2,1-3H3. The fourth-order valence-electron chi connectivity index (χ4n) is 2.60. The summed E-state index contributed by atoms with van der Waals surface area (Å²) in [5.74, 6) is 0.509. The van der Waals surface area contributed by atoms with Crippen LogP contribution in [0.5, 0.6) is 0 Å². The van der Waals surface area contributed by atoms with E-state index in [4.69, 9.17) is 9.47 Å². The molecule has 0 amide bonds. The molecule has 0 aromatic rings. The first-order chi connectivity index (χ1) is 8.15. The molecule has 0 aromatic carbocycles. The van der Waals surface area contributed by atoms with E-state index in [-0.39, 0.29) is 12.2 Å². The zero-order chi connectivity index (χ0) is 12.7. The van der Waals surface area contributed by atoms with Crippen LogP contribution in [0.15, 0.2) is 0 Å². The van der Waals surface area contributed by atoms with Crippen LogP contribution in [0.4, 0.5) is 0 Å². The minimum absolute atomic E-state index is 0.0425. The third-order valence-corrected chi connectivity index (χ3v) is 3.45. The molecule has 1 aliphatic rings. The highest BCUT2D eigenvalue weighted by molar-refractivity contribution is 4.80. The van der Waals surface area contributed by atoms with E-state index in [2.05, 4.69) is 0 Å². The van der Waals surface area contributed by atoms with Gasteiger partial charge in [0.2, 0.25) is 0 Å². The number of hydrogen-bond donors (Lipinski definition) is 1. The predicted octanol–water partition coefficient (Wildman–Crippen LogP) is 2.76. The average molecular weight is 244 g/mol. The molecule has 0 saturated heterocycles. The fraction of sp³-hybridized carbons (Fsp3) is 1.00. The zero-order valence-electron chi connectivity index (χ0n) is 11.5. The molecule has 0 radical (unpaired) electrons. The third-order valence-electron chi connectivity index (χ3n) is 3.45. The second kappa shape index (κ2) is 8.06. The topological polar surface area (TPSA) is 38.7 Å². The Labute approximate surface area is 105 Å². The van der Waals surface area contributed by atoms with Crippen LogP contribution >= 0.6 is 0 Å². The van der Waals surface area contributed by atoms with Gasteiger partial charge in [-0.25, -0.2) is 0 Å². The first-order valence-electron chi connectivity index (χ1n) is 7.06. The molecule has 1 rings (SSSR count). The largest absolute Gasteiger partial charge is 0.388 e. The van der Waals surface area contributed by atoms with Gasteiger partial charge in [0, 0.05) is 6.61 Å². The summed E-state index contributed by atoms with van der Waals surface area (Å²) >= 11 is 0. The molecule has 0 heterocycles. The van der Waals surface area contributed by atoms with Gasteiger partial charge in [-0.1, -0.05) is 19.3 Å². The molecule has 3 heteroatoms. The van der Waals surface area contributed by atoms with Gasteiger partial charge in [-0.05, 0) is 39.5 Å². The van der Waals surface area contributed by atoms with Gasteiger partial charge in [-0.2, -0.15) is 0 Å². The third kappa shape index (κ3) is 5.36. The smallest absolute Gasteiger partial charge is 0.104 e. The second-order valence-electron chi connectivity index (χ2n) is 5.27. The van der Waals surface area contributed by atoms with Crippen LogP contribution in [-0.2, 0) is 9.47 Å². The summed E-state index contributed by atoms with van der Waals surface area (Å²) in [6, 6.07) is 0. The maximum atomic E-state index is 10.2. The number of hydrogen-bond acceptors (Lipinski definition) is 3. The van der Waals surface area contributed by atoms with E-state index >= 15 is 0 Å². The first kappa shape index (κ1) is 14.9. The van der Waals surface area contributed by atoms with Crippen molar-refractivity contribution in [2.75, 3.05) is 13.2 Å². The molecule has 0 aliphatic heterocycles. The lowest BCUT2D eigenvalue weighted by molar-refractivity contribution is -0.106. The van der Waals surface area contributed by atoms with Crippen molar-refractivity contribution in [3.05, 3.63) is 0 Å². The number of aliphatic hydroxyl groups excluding tert-OH is 1. The van der Waals surface area contributed by atoms with E-state index in [9.17, 15) is 5.11 Å². The molecule has 17 heavy (non-hydrogen) atoms. The van der Waals surface area contributed by atoms with E-state index in [0.29, 0.717) is 19.1 Å². The second-order valence-corrected chi connectivity index (χ2v) is 5.27. The monoisotopic (exact) mass is 244 g/mol. The van der Waals surface area contributed by atoms with E-state index in [0.717, 1.165) is 0 Å². The lowest BCUT2D eigenvalue weighted by Crippen LogP contribution is -2.40. The quantitative estimate of drug-likeness (QED) is 0.748. The maximum Gasteiger partial charge on any atom is 0.104 e. The van der Waals surface area contributed by atoms with Crippen molar-refractivity contribution >= 4 is 0 Å². The maximum absolute atomic E-state index is 10.2. The molecule has 1 N–H and O–H groups in total. The molecule has 0 spiro atoms. The highest BCUT2D eigenvalue weighted by atomic mass is 16.5. The van der Waals surface area contributed by atoms with Crippen molar-refractivity contribution in [2.45, 2.75) is 71.2 Å². The minimum Gasteiger partial charge on any atom is -0.388 e. The summed E-state index contributed by atoms with van der Waals surface area (Å²) in [5, 5.41) is 10.2. The van der Waals surface area contributed by atoms with Gasteiger partial charge in [0.05, 0.1) is 18.8 Å². The zero-order valence-corrected chi connectivity index (χ0v) is 11.5. The summed E-state index contributed by atoms with van der Waals surface area (Å²) < 4.78 is 11.2. The molecular weight excluding hydrogens is 216 g/mol. The van der Waals surface area contributed by atoms with Gasteiger partial charge in [-0.15, -0.1) is 0 Å². The Balaban J connectivity index is 2.44. The van der Waals surface area contributed by atoms with Gasteiger partial charge in [0.1, 0.15) is 6.10 Å². The van der Waals surface area contributed by atoms with Crippen LogP contribution in [0.2, 0.25) is 0 Å². The van der Waals surface area contributed by atoms with Crippen molar-refractivity contribution in [1.29, 1.82) is 0 Å². The Hall–Kier alpha value is -0.120. The number of aliphatic hydroxyl groups is 1. The number of rotatable bonds is 7. The summed E-state index contributed by atoms with van der Waals surface area (Å²) in [5.41, 5.74) is 0. The Bertz CT molecular complexity index is 188. The van der Waals surface area contributed by atoms with E-state index in [1.165, 1.54) is 32.1 Å². The van der Waals surface area contributed by atoms with Crippen LogP contribution < -0.4 is 0 Å². The highest BCUT2D eigenvalue weighted by Gasteiger charge is 2.30. The highest BCUT2D eigenvalue weighted by Crippen LogP contribution is 2.29. The van der Waals surface area contributed by atoms with Gasteiger partial charge >= 0.3 is 0 Å². The lowest BCUT2D eigenvalue weighted by Gasteiger charge is -2.33. The molecule has 102 valence electrons. The molecular formula is C14H28O3. The average Bonchev–Trinajstić information content (AvgIpc) is 2.34. The Kier molecular flexibility index (Phi) is 7.09. The van der Waals surface area contributed by atoms with Crippen LogP contribution in [0, 0.1) is 5.92 Å². The van der Waals surface area contributed by atoms with Crippen molar-refractivity contribution in [3.63, 3.8) is 0 Å². The van der Waals surface area contributed by atoms with Gasteiger partial charge in [0.25, 0.3) is 0 Å². The molecule has 3 nitrogen and oxygen atoms in total. The van der Waals surface area contributed by atoms with Gasteiger partial charge < -0.3 is 14.6 Å². The van der Waals surface area contributed by atoms with Crippen LogP contribution in [-0.4, -0.2) is 36.6 Å². The SMILES string of the molecule is CCOC(C(O)COC(C)C)C1CCCCC1. The van der Waals surface area contributed by atoms with Gasteiger partial charge in [0.15, 0.2) is 0 Å². The molecule has 1 aliphatic carbocycles. The summed E-state index contributed by atoms with van der Waals surface area (Å²) in [6.45, 7) is 7.02. The van der Waals surface area contributed by atoms with Crippen LogP contribution in [0.3, 0.4) is 0 Å². The van der Waals surface area contributed by atoms with Crippen molar-refractivity contribution in [1.82, 2.24) is 0 Å². The Morgan fingerprint density at radius 2 is 1.76 bits per heavy atom. The van der Waals surface area contributed by atoms with Gasteiger partial charge in [-0.3, -0.25) is 0 Å². The minimum atomic E-state index is -0.486. The fourth-order valence-corrected chi connectivity index (χ4v) is 2.60. The molecule has 0 aromatic heterocycles. The molecule has 2 atom stereocenters. The van der Waals surface area contributed by atoms with Crippen LogP contribution in [0.1, 0.15) is 52.9 Å². The Morgan fingerprint density at radius 1 is 1.12 bits per heavy atom. The summed E-state index contributed by atoms with van der Waals surface area (Å²) in [7, 11) is 0. The molecule has 1 saturated carbocycles. The van der Waals surface area contributed by atoms with E-state index in [1.807, 2.05) is 20.8 Å². The lowest BCUT2D eigenvalue weighted by atomic mass is 9.83. The number of ether oxygens (including phenoxy) is 2.